The SMILES string of the molecule is C[C@H]1CCc2c(ccc(-c3cnn(C4CCNCC4)c3)c2Oc2ncccc2C(F)(F)F)N1C(O)C1CC1. The maximum absolute atomic E-state index is 13.9. The van der Waals surface area contributed by atoms with Gasteiger partial charge in [-0.2, -0.15) is 18.3 Å². The van der Waals surface area contributed by atoms with Gasteiger partial charge >= 0.3 is 6.18 Å². The summed E-state index contributed by atoms with van der Waals surface area (Å²) in [5.41, 5.74) is 2.11. The standard InChI is InChI=1S/C28H32F3N5O2/c1-17-4-7-22-24(36(17)27(37)18-5-6-18)9-8-21(19-15-34-35(16-19)20-10-13-32-14-11-20)25(22)38-26-23(28(29,30)31)3-2-12-33-26/h2-3,8-9,12,15-18,20,27,32,37H,4-7,10-11,13-14H2,1H3/t17-,27?/m0/s1. The summed E-state index contributed by atoms with van der Waals surface area (Å²) in [5, 5.41) is 19.1. The Morgan fingerprint density at radius 1 is 1.11 bits per heavy atom. The zero-order valence-electron chi connectivity index (χ0n) is 21.3. The molecule has 1 saturated carbocycles. The predicted molar refractivity (Wildman–Crippen MR) is 137 cm³/mol. The van der Waals surface area contributed by atoms with Crippen LogP contribution in [0.1, 0.15) is 56.2 Å². The number of alkyl halides is 3. The number of rotatable bonds is 6. The van der Waals surface area contributed by atoms with Crippen LogP contribution in [0.15, 0.2) is 42.9 Å². The van der Waals surface area contributed by atoms with E-state index in [1.54, 1.807) is 6.20 Å². The Morgan fingerprint density at radius 3 is 2.63 bits per heavy atom. The number of aromatic nitrogens is 3. The van der Waals surface area contributed by atoms with Crippen LogP contribution in [0.4, 0.5) is 18.9 Å². The van der Waals surface area contributed by atoms with E-state index in [1.165, 1.54) is 12.3 Å². The molecule has 0 radical (unpaired) electrons. The van der Waals surface area contributed by atoms with Crippen LogP contribution in [0.5, 0.6) is 11.6 Å². The van der Waals surface area contributed by atoms with E-state index in [4.69, 9.17) is 4.74 Å². The lowest BCUT2D eigenvalue weighted by molar-refractivity contribution is -0.138. The Labute approximate surface area is 219 Å². The molecule has 3 aliphatic rings. The van der Waals surface area contributed by atoms with Gasteiger partial charge in [0.15, 0.2) is 0 Å². The van der Waals surface area contributed by atoms with Crippen LogP contribution >= 0.6 is 0 Å². The summed E-state index contributed by atoms with van der Waals surface area (Å²) in [5.74, 6) is 0.0769. The normalized spacial score (nSPS) is 21.3. The Hall–Kier alpha value is -3.11. The van der Waals surface area contributed by atoms with Gasteiger partial charge in [-0.05, 0) is 82.8 Å². The van der Waals surface area contributed by atoms with Gasteiger partial charge in [-0.15, -0.1) is 0 Å². The molecule has 0 amide bonds. The first-order chi connectivity index (χ1) is 18.3. The van der Waals surface area contributed by atoms with Gasteiger partial charge in [0, 0.05) is 46.7 Å². The summed E-state index contributed by atoms with van der Waals surface area (Å²) in [4.78, 5) is 5.99. The van der Waals surface area contributed by atoms with Crippen LogP contribution in [-0.2, 0) is 12.6 Å². The molecule has 0 bridgehead atoms. The fraction of sp³-hybridized carbons (Fsp3) is 0.500. The number of benzene rings is 1. The van der Waals surface area contributed by atoms with Crippen LogP contribution in [0.2, 0.25) is 0 Å². The molecule has 3 aromatic rings. The number of halogens is 3. The zero-order valence-corrected chi connectivity index (χ0v) is 21.3. The lowest BCUT2D eigenvalue weighted by Gasteiger charge is -2.41. The fourth-order valence-corrected chi connectivity index (χ4v) is 5.73. The Morgan fingerprint density at radius 2 is 1.89 bits per heavy atom. The van der Waals surface area contributed by atoms with Gasteiger partial charge in [0.2, 0.25) is 5.88 Å². The molecule has 2 aliphatic heterocycles. The maximum Gasteiger partial charge on any atom is 0.421 e. The molecule has 1 saturated heterocycles. The van der Waals surface area contributed by atoms with Crippen molar-refractivity contribution in [2.75, 3.05) is 18.0 Å². The third-order valence-corrected chi connectivity index (χ3v) is 8.00. The number of ether oxygens (including phenoxy) is 1. The summed E-state index contributed by atoms with van der Waals surface area (Å²) in [7, 11) is 0. The summed E-state index contributed by atoms with van der Waals surface area (Å²) in [6.45, 7) is 3.92. The zero-order chi connectivity index (χ0) is 26.4. The highest BCUT2D eigenvalue weighted by Gasteiger charge is 2.40. The first-order valence-corrected chi connectivity index (χ1v) is 13.4. The van der Waals surface area contributed by atoms with Gasteiger partial charge in [-0.3, -0.25) is 4.68 Å². The second kappa shape index (κ2) is 9.89. The molecule has 2 aromatic heterocycles. The monoisotopic (exact) mass is 527 g/mol. The lowest BCUT2D eigenvalue weighted by Crippen LogP contribution is -2.46. The van der Waals surface area contributed by atoms with E-state index in [1.807, 2.05) is 27.9 Å². The van der Waals surface area contributed by atoms with Crippen molar-refractivity contribution in [3.05, 3.63) is 54.0 Å². The molecule has 1 aliphatic carbocycles. The summed E-state index contributed by atoms with van der Waals surface area (Å²) in [6, 6.07) is 6.44. The average Bonchev–Trinajstić information content (AvgIpc) is 3.65. The minimum Gasteiger partial charge on any atom is -0.437 e. The van der Waals surface area contributed by atoms with Crippen molar-refractivity contribution in [2.45, 2.75) is 69.9 Å². The molecular formula is C28H32F3N5O2. The highest BCUT2D eigenvalue weighted by molar-refractivity contribution is 5.78. The number of nitrogens with one attached hydrogen (secondary N) is 1. The highest BCUT2D eigenvalue weighted by Crippen LogP contribution is 2.48. The highest BCUT2D eigenvalue weighted by atomic mass is 19.4. The van der Waals surface area contributed by atoms with Crippen LogP contribution in [0.3, 0.4) is 0 Å². The van der Waals surface area contributed by atoms with Gasteiger partial charge < -0.3 is 20.1 Å². The molecular weight excluding hydrogens is 495 g/mol. The second-order valence-corrected chi connectivity index (χ2v) is 10.6. The van der Waals surface area contributed by atoms with Crippen molar-refractivity contribution in [3.63, 3.8) is 0 Å². The average molecular weight is 528 g/mol. The molecule has 1 aromatic carbocycles. The smallest absolute Gasteiger partial charge is 0.421 e. The van der Waals surface area contributed by atoms with Gasteiger partial charge in [0.1, 0.15) is 17.5 Å². The van der Waals surface area contributed by atoms with E-state index in [9.17, 15) is 18.3 Å². The van der Waals surface area contributed by atoms with Crippen LogP contribution < -0.4 is 15.0 Å². The number of aliphatic hydroxyl groups excluding tert-OH is 1. The first-order valence-electron chi connectivity index (χ1n) is 13.4. The second-order valence-electron chi connectivity index (χ2n) is 10.6. The molecule has 6 rings (SSSR count). The lowest BCUT2D eigenvalue weighted by atomic mass is 9.91. The third-order valence-electron chi connectivity index (χ3n) is 8.00. The molecule has 4 heterocycles. The Balaban J connectivity index is 1.46. The number of hydrogen-bond donors (Lipinski definition) is 2. The van der Waals surface area contributed by atoms with Gasteiger partial charge in [-0.25, -0.2) is 4.98 Å². The van der Waals surface area contributed by atoms with E-state index in [0.717, 1.165) is 68.1 Å². The predicted octanol–water partition coefficient (Wildman–Crippen LogP) is 5.55. The van der Waals surface area contributed by atoms with Crippen LogP contribution in [-0.4, -0.2) is 45.2 Å². The number of nitrogens with zero attached hydrogens (tertiary/aromatic N) is 4. The van der Waals surface area contributed by atoms with Crippen molar-refractivity contribution in [1.82, 2.24) is 20.1 Å². The van der Waals surface area contributed by atoms with E-state index >= 15 is 0 Å². The van der Waals surface area contributed by atoms with Crippen LogP contribution in [0.25, 0.3) is 11.1 Å². The van der Waals surface area contributed by atoms with Crippen LogP contribution in [0, 0.1) is 5.92 Å². The molecule has 202 valence electrons. The molecule has 2 fully saturated rings. The van der Waals surface area contributed by atoms with Crippen molar-refractivity contribution < 1.29 is 23.0 Å². The number of pyridine rings is 1. The maximum atomic E-state index is 13.9. The van der Waals surface area contributed by atoms with E-state index in [2.05, 4.69) is 22.3 Å². The fourth-order valence-electron chi connectivity index (χ4n) is 5.73. The third kappa shape index (κ3) is 4.75. The first kappa shape index (κ1) is 25.2. The Bertz CT molecular complexity index is 1300. The number of hydrogen-bond acceptors (Lipinski definition) is 6. The summed E-state index contributed by atoms with van der Waals surface area (Å²) < 4.78 is 49.7. The molecule has 1 unspecified atom stereocenters. The van der Waals surface area contributed by atoms with Crippen molar-refractivity contribution in [1.29, 1.82) is 0 Å². The molecule has 2 atom stereocenters. The molecule has 2 N–H and O–H groups in total. The molecule has 7 nitrogen and oxygen atoms in total. The van der Waals surface area contributed by atoms with Crippen molar-refractivity contribution in [2.24, 2.45) is 5.92 Å². The van der Waals surface area contributed by atoms with Crippen molar-refractivity contribution in [3.8, 4) is 22.8 Å². The molecule has 10 heteroatoms. The number of aliphatic hydroxyl groups is 1. The van der Waals surface area contributed by atoms with Gasteiger partial charge in [0.25, 0.3) is 0 Å². The largest absolute Gasteiger partial charge is 0.437 e. The number of anilines is 1. The van der Waals surface area contributed by atoms with Gasteiger partial charge in [0.05, 0.1) is 12.2 Å². The van der Waals surface area contributed by atoms with Gasteiger partial charge in [-0.1, -0.05) is 0 Å². The minimum absolute atomic E-state index is 0.0973. The quantitative estimate of drug-likeness (QED) is 0.438. The molecule has 38 heavy (non-hydrogen) atoms. The minimum atomic E-state index is -4.61. The van der Waals surface area contributed by atoms with E-state index in [-0.39, 0.29) is 18.0 Å². The van der Waals surface area contributed by atoms with Crippen molar-refractivity contribution >= 4 is 5.69 Å². The summed E-state index contributed by atoms with van der Waals surface area (Å²) >= 11 is 0. The van der Waals surface area contributed by atoms with E-state index < -0.39 is 23.8 Å². The Kier molecular flexibility index (Phi) is 6.55. The number of fused-ring (bicyclic) bond motifs is 1. The topological polar surface area (TPSA) is 75.4 Å². The molecule has 0 spiro atoms. The van der Waals surface area contributed by atoms with E-state index in [0.29, 0.717) is 17.7 Å². The number of piperidine rings is 1. The summed E-state index contributed by atoms with van der Waals surface area (Å²) in [6.07, 6.45) is 5.00.